The molecular formula is C12H12N4O3. The first kappa shape index (κ1) is 14.2. The molecule has 0 radical (unpaired) electrons. The van der Waals surface area contributed by atoms with Crippen molar-refractivity contribution in [3.8, 4) is 6.07 Å². The van der Waals surface area contributed by atoms with Crippen molar-refractivity contribution in [1.82, 2.24) is 4.90 Å². The molecule has 3 amide bonds. The zero-order chi connectivity index (χ0) is 14.4. The standard InChI is InChI=1S/C12H12N4O3/c13-5-8-1-3-9(4-2-8)12(19)16(6-10(14)17)7-11(15)18/h1-4H,6-7H2,(H2,14,17)(H2,15,18). The summed E-state index contributed by atoms with van der Waals surface area (Å²) in [6, 6.07) is 7.68. The second kappa shape index (κ2) is 6.16. The SMILES string of the molecule is N#Cc1ccc(C(=O)N(CC(N)=O)CC(N)=O)cc1. The van der Waals surface area contributed by atoms with Crippen LogP contribution in [0.1, 0.15) is 15.9 Å². The molecule has 0 aliphatic carbocycles. The number of nitriles is 1. The predicted octanol–water partition coefficient (Wildman–Crippen LogP) is -1.03. The van der Waals surface area contributed by atoms with Crippen molar-refractivity contribution in [3.63, 3.8) is 0 Å². The summed E-state index contributed by atoms with van der Waals surface area (Å²) in [6.45, 7) is -0.802. The summed E-state index contributed by atoms with van der Waals surface area (Å²) in [5.41, 5.74) is 10.6. The van der Waals surface area contributed by atoms with Crippen LogP contribution in [0.2, 0.25) is 0 Å². The molecule has 0 spiro atoms. The lowest BCUT2D eigenvalue weighted by molar-refractivity contribution is -0.121. The number of benzene rings is 1. The van der Waals surface area contributed by atoms with E-state index in [1.807, 2.05) is 6.07 Å². The third kappa shape index (κ3) is 4.12. The van der Waals surface area contributed by atoms with Gasteiger partial charge in [0, 0.05) is 5.56 Å². The maximum atomic E-state index is 12.0. The molecule has 0 saturated heterocycles. The molecule has 0 unspecified atom stereocenters. The minimum absolute atomic E-state index is 0.238. The number of carbonyl (C=O) groups excluding carboxylic acids is 3. The van der Waals surface area contributed by atoms with E-state index >= 15 is 0 Å². The Hall–Kier alpha value is -2.88. The molecular weight excluding hydrogens is 248 g/mol. The van der Waals surface area contributed by atoms with Crippen LogP contribution in [0.3, 0.4) is 0 Å². The first-order valence-electron chi connectivity index (χ1n) is 5.30. The Morgan fingerprint density at radius 3 is 1.89 bits per heavy atom. The molecule has 4 N–H and O–H groups in total. The van der Waals surface area contributed by atoms with Crippen LogP contribution in [0, 0.1) is 11.3 Å². The number of rotatable bonds is 5. The molecule has 0 saturated carbocycles. The highest BCUT2D eigenvalue weighted by atomic mass is 16.2. The molecule has 0 aliphatic heterocycles. The minimum Gasteiger partial charge on any atom is -0.368 e. The highest BCUT2D eigenvalue weighted by molar-refractivity contribution is 5.98. The fourth-order valence-corrected chi connectivity index (χ4v) is 1.45. The molecule has 0 aliphatic rings. The molecule has 1 aromatic rings. The van der Waals surface area contributed by atoms with Gasteiger partial charge in [-0.05, 0) is 24.3 Å². The maximum Gasteiger partial charge on any atom is 0.254 e. The van der Waals surface area contributed by atoms with Gasteiger partial charge in [-0.25, -0.2) is 0 Å². The maximum absolute atomic E-state index is 12.0. The zero-order valence-electron chi connectivity index (χ0n) is 10.00. The molecule has 1 aromatic carbocycles. The third-order valence-electron chi connectivity index (χ3n) is 2.24. The van der Waals surface area contributed by atoms with Gasteiger partial charge in [-0.2, -0.15) is 5.26 Å². The fourth-order valence-electron chi connectivity index (χ4n) is 1.45. The number of primary amides is 2. The number of nitrogens with zero attached hydrogens (tertiary/aromatic N) is 2. The second-order valence-corrected chi connectivity index (χ2v) is 3.78. The third-order valence-corrected chi connectivity index (χ3v) is 2.24. The van der Waals surface area contributed by atoms with Crippen LogP contribution in [0.4, 0.5) is 0 Å². The summed E-state index contributed by atoms with van der Waals surface area (Å²) in [5.74, 6) is -2.05. The molecule has 0 atom stereocenters. The summed E-state index contributed by atoms with van der Waals surface area (Å²) in [6.07, 6.45) is 0. The van der Waals surface area contributed by atoms with Gasteiger partial charge >= 0.3 is 0 Å². The van der Waals surface area contributed by atoms with Crippen LogP contribution in [0.5, 0.6) is 0 Å². The summed E-state index contributed by atoms with van der Waals surface area (Å²) in [4.78, 5) is 34.7. The lowest BCUT2D eigenvalue weighted by atomic mass is 10.1. The van der Waals surface area contributed by atoms with E-state index in [0.717, 1.165) is 4.90 Å². The van der Waals surface area contributed by atoms with Crippen LogP contribution >= 0.6 is 0 Å². The summed E-state index contributed by atoms with van der Waals surface area (Å²) >= 11 is 0. The van der Waals surface area contributed by atoms with E-state index < -0.39 is 30.8 Å². The Kier molecular flexibility index (Phi) is 4.60. The van der Waals surface area contributed by atoms with Crippen molar-refractivity contribution in [2.24, 2.45) is 11.5 Å². The van der Waals surface area contributed by atoms with Crippen LogP contribution < -0.4 is 11.5 Å². The van der Waals surface area contributed by atoms with Crippen molar-refractivity contribution >= 4 is 17.7 Å². The topological polar surface area (TPSA) is 130 Å². The van der Waals surface area contributed by atoms with Gasteiger partial charge in [-0.1, -0.05) is 0 Å². The second-order valence-electron chi connectivity index (χ2n) is 3.78. The smallest absolute Gasteiger partial charge is 0.254 e. The fraction of sp³-hybridized carbons (Fsp3) is 0.167. The van der Waals surface area contributed by atoms with Crippen molar-refractivity contribution in [2.75, 3.05) is 13.1 Å². The molecule has 0 fully saturated rings. The largest absolute Gasteiger partial charge is 0.368 e. The zero-order valence-corrected chi connectivity index (χ0v) is 10.00. The van der Waals surface area contributed by atoms with Gasteiger partial charge in [0.25, 0.3) is 5.91 Å². The van der Waals surface area contributed by atoms with Gasteiger partial charge in [-0.15, -0.1) is 0 Å². The molecule has 7 nitrogen and oxygen atoms in total. The van der Waals surface area contributed by atoms with Gasteiger partial charge in [0.1, 0.15) is 13.1 Å². The van der Waals surface area contributed by atoms with Crippen molar-refractivity contribution in [2.45, 2.75) is 0 Å². The van der Waals surface area contributed by atoms with Gasteiger partial charge in [-0.3, -0.25) is 14.4 Å². The number of hydrogen-bond acceptors (Lipinski definition) is 4. The summed E-state index contributed by atoms with van der Waals surface area (Å²) in [7, 11) is 0. The molecule has 0 heterocycles. The molecule has 1 rings (SSSR count). The van der Waals surface area contributed by atoms with Gasteiger partial charge in [0.05, 0.1) is 11.6 Å². The Labute approximate surface area is 109 Å². The number of amides is 3. The first-order chi connectivity index (χ1) is 8.93. The Morgan fingerprint density at radius 2 is 1.53 bits per heavy atom. The minimum atomic E-state index is -0.747. The summed E-state index contributed by atoms with van der Waals surface area (Å²) < 4.78 is 0. The number of carbonyl (C=O) groups is 3. The Morgan fingerprint density at radius 1 is 1.05 bits per heavy atom. The van der Waals surface area contributed by atoms with Crippen LogP contribution in [0.15, 0.2) is 24.3 Å². The molecule has 98 valence electrons. The lowest BCUT2D eigenvalue weighted by Gasteiger charge is -2.19. The van der Waals surface area contributed by atoms with Crippen LogP contribution in [-0.2, 0) is 9.59 Å². The average Bonchev–Trinajstić information content (AvgIpc) is 2.36. The highest BCUT2D eigenvalue weighted by Crippen LogP contribution is 2.07. The average molecular weight is 260 g/mol. The van der Waals surface area contributed by atoms with Gasteiger partial charge < -0.3 is 16.4 Å². The molecule has 0 bridgehead atoms. The highest BCUT2D eigenvalue weighted by Gasteiger charge is 2.19. The van der Waals surface area contributed by atoms with E-state index in [0.29, 0.717) is 5.56 Å². The van der Waals surface area contributed by atoms with E-state index in [9.17, 15) is 14.4 Å². The van der Waals surface area contributed by atoms with Crippen LogP contribution in [0.25, 0.3) is 0 Å². The first-order valence-corrected chi connectivity index (χ1v) is 5.30. The van der Waals surface area contributed by atoms with Crippen molar-refractivity contribution in [3.05, 3.63) is 35.4 Å². The van der Waals surface area contributed by atoms with Crippen LogP contribution in [-0.4, -0.2) is 35.7 Å². The monoisotopic (exact) mass is 260 g/mol. The van der Waals surface area contributed by atoms with Gasteiger partial charge in [0.2, 0.25) is 11.8 Å². The predicted molar refractivity (Wildman–Crippen MR) is 65.4 cm³/mol. The Bertz CT molecular complexity index is 529. The Balaban J connectivity index is 2.94. The van der Waals surface area contributed by atoms with Gasteiger partial charge in [0.15, 0.2) is 0 Å². The number of nitrogens with two attached hydrogens (primary N) is 2. The van der Waals surface area contributed by atoms with E-state index in [-0.39, 0.29) is 5.56 Å². The van der Waals surface area contributed by atoms with E-state index in [2.05, 4.69) is 0 Å². The lowest BCUT2D eigenvalue weighted by Crippen LogP contribution is -2.43. The van der Waals surface area contributed by atoms with E-state index in [4.69, 9.17) is 16.7 Å². The number of hydrogen-bond donors (Lipinski definition) is 2. The van der Waals surface area contributed by atoms with Crippen molar-refractivity contribution < 1.29 is 14.4 Å². The van der Waals surface area contributed by atoms with E-state index in [1.165, 1.54) is 24.3 Å². The van der Waals surface area contributed by atoms with Crippen molar-refractivity contribution in [1.29, 1.82) is 5.26 Å². The van der Waals surface area contributed by atoms with E-state index in [1.54, 1.807) is 0 Å². The molecule has 0 aromatic heterocycles. The normalized spacial score (nSPS) is 9.42. The molecule has 7 heteroatoms. The summed E-state index contributed by atoms with van der Waals surface area (Å²) in [5, 5.41) is 8.65. The molecule has 19 heavy (non-hydrogen) atoms. The quantitative estimate of drug-likeness (QED) is 0.700.